The van der Waals surface area contributed by atoms with Crippen LogP contribution in [0.15, 0.2) is 72.9 Å². The van der Waals surface area contributed by atoms with Gasteiger partial charge in [0.2, 0.25) is 0 Å². The van der Waals surface area contributed by atoms with Crippen molar-refractivity contribution in [1.82, 2.24) is 9.55 Å². The first-order chi connectivity index (χ1) is 14.6. The van der Waals surface area contributed by atoms with Crippen molar-refractivity contribution in [3.63, 3.8) is 0 Å². The molecule has 2 aromatic carbocycles. The van der Waals surface area contributed by atoms with Gasteiger partial charge in [-0.15, -0.1) is 0 Å². The first kappa shape index (κ1) is 21.2. The molecule has 3 nitrogen and oxygen atoms in total. The summed E-state index contributed by atoms with van der Waals surface area (Å²) in [5.41, 5.74) is 6.18. The first-order valence-electron chi connectivity index (χ1n) is 11.0. The van der Waals surface area contributed by atoms with Crippen LogP contribution in [0.5, 0.6) is 0 Å². The molecule has 0 spiro atoms. The number of nitrogens with one attached hydrogen (secondary N) is 1. The molecule has 0 aliphatic rings. The summed E-state index contributed by atoms with van der Waals surface area (Å²) in [4.78, 5) is 4.96. The molecule has 0 saturated carbocycles. The molecule has 0 fully saturated rings. The number of benzene rings is 2. The molecule has 1 N–H and O–H groups in total. The Balaban J connectivity index is 1.69. The molecule has 0 aliphatic carbocycles. The third-order valence-electron chi connectivity index (χ3n) is 5.74. The van der Waals surface area contributed by atoms with E-state index in [-0.39, 0.29) is 10.8 Å². The summed E-state index contributed by atoms with van der Waals surface area (Å²) in [5.74, 6) is 0.867. The van der Waals surface area contributed by atoms with Crippen molar-refractivity contribution >= 4 is 22.5 Å². The number of hydrogen-bond donors (Lipinski definition) is 1. The van der Waals surface area contributed by atoms with Crippen LogP contribution in [0.2, 0.25) is 0 Å². The van der Waals surface area contributed by atoms with E-state index in [1.807, 2.05) is 0 Å². The van der Waals surface area contributed by atoms with Gasteiger partial charge in [0.05, 0.1) is 0 Å². The highest BCUT2D eigenvalue weighted by molar-refractivity contribution is 5.79. The molecular formula is C28H33N3. The van der Waals surface area contributed by atoms with Crippen LogP contribution in [0.3, 0.4) is 0 Å². The minimum atomic E-state index is 0.0828. The van der Waals surface area contributed by atoms with Crippen LogP contribution in [0.1, 0.15) is 58.2 Å². The van der Waals surface area contributed by atoms with E-state index in [1.54, 1.807) is 0 Å². The molecule has 2 aromatic heterocycles. The van der Waals surface area contributed by atoms with Crippen LogP contribution in [0, 0.1) is 0 Å². The summed E-state index contributed by atoms with van der Waals surface area (Å²) < 4.78 is 2.21. The number of nitrogens with zero attached hydrogens (tertiary/aromatic N) is 2. The molecule has 0 atom stereocenters. The average molecular weight is 412 g/mol. The Hall–Kier alpha value is -3.07. The molecule has 0 aliphatic heterocycles. The maximum Gasteiger partial charge on any atom is 0.142 e. The minimum absolute atomic E-state index is 0.0828. The second-order valence-corrected chi connectivity index (χ2v) is 10.5. The lowest BCUT2D eigenvalue weighted by atomic mass is 9.80. The van der Waals surface area contributed by atoms with Crippen molar-refractivity contribution in [2.45, 2.75) is 58.9 Å². The summed E-state index contributed by atoms with van der Waals surface area (Å²) >= 11 is 0. The molecule has 0 amide bonds. The third kappa shape index (κ3) is 4.82. The van der Waals surface area contributed by atoms with Gasteiger partial charge in [0.1, 0.15) is 11.5 Å². The Bertz CT molecular complexity index is 1160. The van der Waals surface area contributed by atoms with E-state index in [9.17, 15) is 0 Å². The predicted molar refractivity (Wildman–Crippen MR) is 132 cm³/mol. The SMILES string of the molecule is CC(C)(C)c1cc(Nc2ccc3ccn(Cc4ccccc4)c3n2)cc(C(C)(C)C)c1. The maximum atomic E-state index is 4.96. The highest BCUT2D eigenvalue weighted by Gasteiger charge is 2.20. The second-order valence-electron chi connectivity index (χ2n) is 10.5. The highest BCUT2D eigenvalue weighted by atomic mass is 15.1. The van der Waals surface area contributed by atoms with Gasteiger partial charge in [0, 0.05) is 23.8 Å². The highest BCUT2D eigenvalue weighted by Crippen LogP contribution is 2.33. The topological polar surface area (TPSA) is 29.9 Å². The van der Waals surface area contributed by atoms with Gasteiger partial charge in [-0.05, 0) is 57.9 Å². The normalized spacial score (nSPS) is 12.3. The minimum Gasteiger partial charge on any atom is -0.340 e. The quantitative estimate of drug-likeness (QED) is 0.378. The zero-order valence-corrected chi connectivity index (χ0v) is 19.5. The number of fused-ring (bicyclic) bond motifs is 1. The van der Waals surface area contributed by atoms with E-state index in [2.05, 4.69) is 124 Å². The molecule has 0 bridgehead atoms. The van der Waals surface area contributed by atoms with Crippen LogP contribution < -0.4 is 5.32 Å². The summed E-state index contributed by atoms with van der Waals surface area (Å²) in [7, 11) is 0. The van der Waals surface area contributed by atoms with Gasteiger partial charge in [0.25, 0.3) is 0 Å². The second kappa shape index (κ2) is 7.88. The molecule has 0 saturated heterocycles. The van der Waals surface area contributed by atoms with E-state index in [0.29, 0.717) is 0 Å². The fraction of sp³-hybridized carbons (Fsp3) is 0.321. The van der Waals surface area contributed by atoms with E-state index in [4.69, 9.17) is 4.98 Å². The Morgan fingerprint density at radius 3 is 2.03 bits per heavy atom. The zero-order valence-electron chi connectivity index (χ0n) is 19.5. The van der Waals surface area contributed by atoms with E-state index < -0.39 is 0 Å². The Morgan fingerprint density at radius 2 is 1.42 bits per heavy atom. The molecule has 4 aromatic rings. The summed E-state index contributed by atoms with van der Waals surface area (Å²) in [6, 6.07) is 23.7. The van der Waals surface area contributed by atoms with Crippen molar-refractivity contribution in [3.05, 3.63) is 89.6 Å². The zero-order chi connectivity index (χ0) is 22.2. The lowest BCUT2D eigenvalue weighted by Crippen LogP contribution is -2.16. The monoisotopic (exact) mass is 411 g/mol. The Kier molecular flexibility index (Phi) is 5.38. The molecule has 31 heavy (non-hydrogen) atoms. The maximum absolute atomic E-state index is 4.96. The number of rotatable bonds is 4. The third-order valence-corrected chi connectivity index (χ3v) is 5.74. The van der Waals surface area contributed by atoms with Crippen LogP contribution in [-0.2, 0) is 17.4 Å². The number of pyridine rings is 1. The number of aromatic nitrogens is 2. The van der Waals surface area contributed by atoms with E-state index in [1.165, 1.54) is 16.7 Å². The molecule has 160 valence electrons. The molecule has 0 radical (unpaired) electrons. The van der Waals surface area contributed by atoms with Crippen LogP contribution >= 0.6 is 0 Å². The van der Waals surface area contributed by atoms with E-state index >= 15 is 0 Å². The van der Waals surface area contributed by atoms with Gasteiger partial charge in [-0.25, -0.2) is 4.98 Å². The van der Waals surface area contributed by atoms with Gasteiger partial charge in [-0.2, -0.15) is 0 Å². The number of hydrogen-bond acceptors (Lipinski definition) is 2. The molecular weight excluding hydrogens is 378 g/mol. The van der Waals surface area contributed by atoms with E-state index in [0.717, 1.165) is 29.1 Å². The molecule has 4 rings (SSSR count). The molecule has 3 heteroatoms. The lowest BCUT2D eigenvalue weighted by Gasteiger charge is -2.26. The number of anilines is 2. The van der Waals surface area contributed by atoms with Crippen molar-refractivity contribution < 1.29 is 0 Å². The van der Waals surface area contributed by atoms with Gasteiger partial charge in [0.15, 0.2) is 0 Å². The fourth-order valence-electron chi connectivity index (χ4n) is 3.75. The van der Waals surface area contributed by atoms with Crippen molar-refractivity contribution in [3.8, 4) is 0 Å². The van der Waals surface area contributed by atoms with Gasteiger partial charge < -0.3 is 9.88 Å². The largest absolute Gasteiger partial charge is 0.340 e. The average Bonchev–Trinajstić information content (AvgIpc) is 3.09. The Morgan fingerprint density at radius 1 is 0.774 bits per heavy atom. The molecule has 2 heterocycles. The molecule has 0 unspecified atom stereocenters. The summed E-state index contributed by atoms with van der Waals surface area (Å²) in [6.45, 7) is 14.4. The lowest BCUT2D eigenvalue weighted by molar-refractivity contribution is 0.569. The van der Waals surface area contributed by atoms with Crippen LogP contribution in [0.4, 0.5) is 11.5 Å². The van der Waals surface area contributed by atoms with Crippen molar-refractivity contribution in [2.75, 3.05) is 5.32 Å². The van der Waals surface area contributed by atoms with Gasteiger partial charge in [-0.3, -0.25) is 0 Å². The summed E-state index contributed by atoms with van der Waals surface area (Å²) in [6.07, 6.45) is 2.12. The fourth-order valence-corrected chi connectivity index (χ4v) is 3.75. The van der Waals surface area contributed by atoms with Crippen LogP contribution in [-0.4, -0.2) is 9.55 Å². The van der Waals surface area contributed by atoms with Gasteiger partial charge in [-0.1, -0.05) is 77.9 Å². The standard InChI is InChI=1S/C28H33N3/c1-27(2,3)22-16-23(28(4,5)6)18-24(17-22)29-25-13-12-21-14-15-31(26(21)30-25)19-20-10-8-7-9-11-20/h7-18H,19H2,1-6H3,(H,29,30). The van der Waals surface area contributed by atoms with Gasteiger partial charge >= 0.3 is 0 Å². The first-order valence-corrected chi connectivity index (χ1v) is 11.0. The van der Waals surface area contributed by atoms with Crippen LogP contribution in [0.25, 0.3) is 11.0 Å². The smallest absolute Gasteiger partial charge is 0.142 e. The predicted octanol–water partition coefficient (Wildman–Crippen LogP) is 7.42. The Labute approximate surface area is 186 Å². The van der Waals surface area contributed by atoms with Crippen molar-refractivity contribution in [1.29, 1.82) is 0 Å². The summed E-state index contributed by atoms with van der Waals surface area (Å²) in [5, 5.41) is 4.73. The van der Waals surface area contributed by atoms with Crippen molar-refractivity contribution in [2.24, 2.45) is 0 Å².